The molecule has 1 atom stereocenters. The number of carbonyl (C=O) groups is 1. The van der Waals surface area contributed by atoms with Gasteiger partial charge in [0.1, 0.15) is 5.54 Å². The van der Waals surface area contributed by atoms with Crippen LogP contribution in [0.2, 0.25) is 0 Å². The standard InChI is InChI=1S/C18H21N5O/c24-17-22-13-18(14-5-2-1-3-6-14,16-20-9-4-10-21-16)23(17)15-7-11-19-12-8-15/h1-6,9-10,15,19H,7-8,11-13H2,(H,22,24)/t18-/m0/s1. The first-order valence-electron chi connectivity index (χ1n) is 8.43. The van der Waals surface area contributed by atoms with Gasteiger partial charge in [-0.15, -0.1) is 0 Å². The van der Waals surface area contributed by atoms with Gasteiger partial charge in [-0.1, -0.05) is 30.3 Å². The van der Waals surface area contributed by atoms with E-state index in [9.17, 15) is 4.79 Å². The average Bonchev–Trinajstić information content (AvgIpc) is 3.02. The lowest BCUT2D eigenvalue weighted by Crippen LogP contribution is -2.54. The molecule has 0 saturated carbocycles. The molecule has 6 heteroatoms. The quantitative estimate of drug-likeness (QED) is 0.898. The zero-order valence-electron chi connectivity index (χ0n) is 13.5. The van der Waals surface area contributed by atoms with Gasteiger partial charge in [0.25, 0.3) is 0 Å². The summed E-state index contributed by atoms with van der Waals surface area (Å²) >= 11 is 0. The largest absolute Gasteiger partial charge is 0.335 e. The summed E-state index contributed by atoms with van der Waals surface area (Å²) in [7, 11) is 0. The van der Waals surface area contributed by atoms with Gasteiger partial charge in [0.15, 0.2) is 5.82 Å². The van der Waals surface area contributed by atoms with Gasteiger partial charge in [-0.2, -0.15) is 0 Å². The van der Waals surface area contributed by atoms with Gasteiger partial charge in [0.2, 0.25) is 0 Å². The van der Waals surface area contributed by atoms with Crippen LogP contribution in [-0.4, -0.2) is 46.6 Å². The zero-order chi connectivity index (χ0) is 16.4. The number of hydrogen-bond donors (Lipinski definition) is 2. The van der Waals surface area contributed by atoms with Crippen LogP contribution in [-0.2, 0) is 5.54 Å². The first-order valence-corrected chi connectivity index (χ1v) is 8.43. The number of nitrogens with zero attached hydrogens (tertiary/aromatic N) is 3. The molecule has 0 bridgehead atoms. The van der Waals surface area contributed by atoms with Crippen molar-refractivity contribution >= 4 is 6.03 Å². The Morgan fingerprint density at radius 1 is 1.04 bits per heavy atom. The van der Waals surface area contributed by atoms with Crippen molar-refractivity contribution in [1.29, 1.82) is 0 Å². The van der Waals surface area contributed by atoms with Gasteiger partial charge < -0.3 is 15.5 Å². The van der Waals surface area contributed by atoms with Crippen molar-refractivity contribution in [3.63, 3.8) is 0 Å². The SMILES string of the molecule is O=C1NC[C@](c2ccccc2)(c2ncccn2)N1C1CCNCC1. The molecule has 0 spiro atoms. The summed E-state index contributed by atoms with van der Waals surface area (Å²) in [6.07, 6.45) is 5.37. The van der Waals surface area contributed by atoms with Gasteiger partial charge >= 0.3 is 6.03 Å². The van der Waals surface area contributed by atoms with E-state index in [0.717, 1.165) is 31.5 Å². The first kappa shape index (κ1) is 15.1. The molecule has 2 aromatic rings. The van der Waals surface area contributed by atoms with Gasteiger partial charge in [-0.05, 0) is 37.6 Å². The predicted octanol–water partition coefficient (Wildman–Crippen LogP) is 1.50. The Kier molecular flexibility index (Phi) is 3.90. The fraction of sp³-hybridized carbons (Fsp3) is 0.389. The van der Waals surface area contributed by atoms with E-state index in [2.05, 4.69) is 32.7 Å². The van der Waals surface area contributed by atoms with Crippen LogP contribution in [0, 0.1) is 0 Å². The monoisotopic (exact) mass is 323 g/mol. The third-order valence-corrected chi connectivity index (χ3v) is 4.99. The fourth-order valence-corrected chi connectivity index (χ4v) is 3.87. The summed E-state index contributed by atoms with van der Waals surface area (Å²) in [5.74, 6) is 0.674. The molecule has 2 N–H and O–H groups in total. The van der Waals surface area contributed by atoms with E-state index in [4.69, 9.17) is 0 Å². The maximum Gasteiger partial charge on any atom is 0.318 e. The second-order valence-corrected chi connectivity index (χ2v) is 6.31. The second-order valence-electron chi connectivity index (χ2n) is 6.31. The average molecular weight is 323 g/mol. The molecule has 1 aromatic heterocycles. The van der Waals surface area contributed by atoms with E-state index in [0.29, 0.717) is 12.4 Å². The summed E-state index contributed by atoms with van der Waals surface area (Å²) in [6, 6.07) is 12.1. The van der Waals surface area contributed by atoms with E-state index < -0.39 is 5.54 Å². The van der Waals surface area contributed by atoms with Crippen molar-refractivity contribution in [2.45, 2.75) is 24.4 Å². The van der Waals surface area contributed by atoms with Gasteiger partial charge in [0.05, 0.1) is 6.54 Å². The topological polar surface area (TPSA) is 70.2 Å². The molecule has 0 radical (unpaired) electrons. The molecule has 3 heterocycles. The lowest BCUT2D eigenvalue weighted by Gasteiger charge is -2.42. The number of amides is 2. The van der Waals surface area contributed by atoms with Crippen molar-refractivity contribution in [3.8, 4) is 0 Å². The number of piperidine rings is 1. The van der Waals surface area contributed by atoms with Crippen LogP contribution in [0.5, 0.6) is 0 Å². The summed E-state index contributed by atoms with van der Waals surface area (Å²) in [6.45, 7) is 2.34. The molecule has 124 valence electrons. The number of urea groups is 1. The second kappa shape index (κ2) is 6.20. The van der Waals surface area contributed by atoms with E-state index in [-0.39, 0.29) is 12.1 Å². The Morgan fingerprint density at radius 2 is 1.75 bits per heavy atom. The van der Waals surface area contributed by atoms with Crippen molar-refractivity contribution < 1.29 is 4.79 Å². The third-order valence-electron chi connectivity index (χ3n) is 4.99. The minimum Gasteiger partial charge on any atom is -0.335 e. The molecule has 0 aliphatic carbocycles. The Bertz CT molecular complexity index is 660. The third kappa shape index (κ3) is 2.34. The van der Waals surface area contributed by atoms with Crippen molar-refractivity contribution in [2.24, 2.45) is 0 Å². The maximum absolute atomic E-state index is 12.8. The molecule has 2 aliphatic rings. The number of rotatable bonds is 3. The van der Waals surface area contributed by atoms with Crippen LogP contribution >= 0.6 is 0 Å². The number of benzene rings is 1. The smallest absolute Gasteiger partial charge is 0.318 e. The van der Waals surface area contributed by atoms with Crippen molar-refractivity contribution in [3.05, 3.63) is 60.2 Å². The molecule has 24 heavy (non-hydrogen) atoms. The first-order chi connectivity index (χ1) is 11.8. The van der Waals surface area contributed by atoms with E-state index in [1.54, 1.807) is 18.5 Å². The lowest BCUT2D eigenvalue weighted by molar-refractivity contribution is 0.116. The van der Waals surface area contributed by atoms with Crippen LogP contribution in [0.15, 0.2) is 48.8 Å². The fourth-order valence-electron chi connectivity index (χ4n) is 3.87. The van der Waals surface area contributed by atoms with Crippen molar-refractivity contribution in [1.82, 2.24) is 25.5 Å². The molecular weight excluding hydrogens is 302 g/mol. The highest BCUT2D eigenvalue weighted by atomic mass is 16.2. The van der Waals surface area contributed by atoms with Crippen LogP contribution < -0.4 is 10.6 Å². The van der Waals surface area contributed by atoms with Crippen LogP contribution in [0.1, 0.15) is 24.2 Å². The van der Waals surface area contributed by atoms with E-state index in [1.165, 1.54) is 0 Å². The summed E-state index contributed by atoms with van der Waals surface area (Å²) in [4.78, 5) is 23.8. The maximum atomic E-state index is 12.8. The van der Waals surface area contributed by atoms with Gasteiger partial charge in [-0.3, -0.25) is 0 Å². The Balaban J connectivity index is 1.87. The lowest BCUT2D eigenvalue weighted by atomic mass is 9.85. The molecule has 4 rings (SSSR count). The number of nitrogens with one attached hydrogen (secondary N) is 2. The summed E-state index contributed by atoms with van der Waals surface area (Å²) < 4.78 is 0. The van der Waals surface area contributed by atoms with Gasteiger partial charge in [-0.25, -0.2) is 14.8 Å². The summed E-state index contributed by atoms with van der Waals surface area (Å²) in [5, 5.41) is 6.41. The van der Waals surface area contributed by atoms with E-state index in [1.807, 2.05) is 23.1 Å². The molecule has 2 fully saturated rings. The predicted molar refractivity (Wildman–Crippen MR) is 90.4 cm³/mol. The Hall–Kier alpha value is -2.47. The Labute approximate surface area is 141 Å². The highest BCUT2D eigenvalue weighted by molar-refractivity contribution is 5.79. The molecule has 2 aliphatic heterocycles. The minimum atomic E-state index is -0.651. The molecule has 2 saturated heterocycles. The zero-order valence-corrected chi connectivity index (χ0v) is 13.5. The van der Waals surface area contributed by atoms with Crippen LogP contribution in [0.25, 0.3) is 0 Å². The van der Waals surface area contributed by atoms with Crippen molar-refractivity contribution in [2.75, 3.05) is 19.6 Å². The molecule has 0 unspecified atom stereocenters. The normalized spacial score (nSPS) is 24.8. The number of hydrogen-bond acceptors (Lipinski definition) is 4. The number of aromatic nitrogens is 2. The molecule has 6 nitrogen and oxygen atoms in total. The highest BCUT2D eigenvalue weighted by Crippen LogP contribution is 2.39. The van der Waals surface area contributed by atoms with Crippen LogP contribution in [0.4, 0.5) is 4.79 Å². The van der Waals surface area contributed by atoms with Crippen LogP contribution in [0.3, 0.4) is 0 Å². The molecular formula is C18H21N5O. The highest BCUT2D eigenvalue weighted by Gasteiger charge is 2.53. The van der Waals surface area contributed by atoms with E-state index >= 15 is 0 Å². The molecule has 2 amide bonds. The minimum absolute atomic E-state index is 0.0294. The van der Waals surface area contributed by atoms with Gasteiger partial charge in [0, 0.05) is 18.4 Å². The Morgan fingerprint density at radius 3 is 2.46 bits per heavy atom. The number of carbonyl (C=O) groups excluding carboxylic acids is 1. The molecule has 1 aromatic carbocycles. The summed E-state index contributed by atoms with van der Waals surface area (Å²) in [5.41, 5.74) is 0.398.